The third-order valence-corrected chi connectivity index (χ3v) is 5.61. The molecular formula is C20H25N3O5. The molecule has 0 unspecified atom stereocenters. The number of urea groups is 1. The van der Waals surface area contributed by atoms with E-state index in [4.69, 9.17) is 4.74 Å². The molecule has 2 aliphatic rings. The zero-order chi connectivity index (χ0) is 20.5. The summed E-state index contributed by atoms with van der Waals surface area (Å²) in [6.07, 6.45) is 4.02. The Morgan fingerprint density at radius 2 is 1.86 bits per heavy atom. The van der Waals surface area contributed by atoms with E-state index in [1.807, 2.05) is 6.92 Å². The fraction of sp³-hybridized carbons (Fsp3) is 0.500. The molecule has 1 aromatic rings. The van der Waals surface area contributed by atoms with Gasteiger partial charge >= 0.3 is 12.0 Å². The number of hydrogen-bond donors (Lipinski definition) is 2. The predicted molar refractivity (Wildman–Crippen MR) is 102 cm³/mol. The van der Waals surface area contributed by atoms with E-state index in [1.54, 1.807) is 13.0 Å². The highest BCUT2D eigenvalue weighted by Gasteiger charge is 2.51. The number of methoxy groups -OCH3 is 1. The van der Waals surface area contributed by atoms with Gasteiger partial charge in [0, 0.05) is 5.69 Å². The molecule has 1 heterocycles. The summed E-state index contributed by atoms with van der Waals surface area (Å²) in [6.45, 7) is 3.25. The summed E-state index contributed by atoms with van der Waals surface area (Å²) in [4.78, 5) is 50.4. The summed E-state index contributed by atoms with van der Waals surface area (Å²) in [6, 6.07) is 2.73. The minimum absolute atomic E-state index is 0.331. The van der Waals surface area contributed by atoms with Crippen molar-refractivity contribution in [1.82, 2.24) is 10.2 Å². The van der Waals surface area contributed by atoms with Gasteiger partial charge in [-0.1, -0.05) is 19.3 Å². The van der Waals surface area contributed by atoms with Crippen molar-refractivity contribution in [2.75, 3.05) is 19.0 Å². The van der Waals surface area contributed by atoms with Crippen LogP contribution in [0.15, 0.2) is 12.1 Å². The van der Waals surface area contributed by atoms with Crippen molar-refractivity contribution in [2.45, 2.75) is 51.5 Å². The van der Waals surface area contributed by atoms with Crippen LogP contribution in [0, 0.1) is 13.8 Å². The predicted octanol–water partition coefficient (Wildman–Crippen LogP) is 2.28. The smallest absolute Gasteiger partial charge is 0.338 e. The summed E-state index contributed by atoms with van der Waals surface area (Å²) < 4.78 is 4.77. The first kappa shape index (κ1) is 19.9. The van der Waals surface area contributed by atoms with Crippen LogP contribution in [-0.2, 0) is 14.3 Å². The molecule has 1 saturated carbocycles. The number of carbonyl (C=O) groups excluding carboxylic acids is 4. The number of imide groups is 1. The average Bonchev–Trinajstić information content (AvgIpc) is 2.88. The average molecular weight is 387 g/mol. The number of carbonyl (C=O) groups is 4. The number of amides is 4. The van der Waals surface area contributed by atoms with Gasteiger partial charge < -0.3 is 15.4 Å². The molecule has 1 saturated heterocycles. The van der Waals surface area contributed by atoms with Gasteiger partial charge in [0.2, 0.25) is 5.91 Å². The van der Waals surface area contributed by atoms with E-state index in [0.29, 0.717) is 24.1 Å². The Kier molecular flexibility index (Phi) is 5.40. The van der Waals surface area contributed by atoms with E-state index in [1.165, 1.54) is 13.2 Å². The molecule has 3 rings (SSSR count). The number of hydrogen-bond acceptors (Lipinski definition) is 5. The number of rotatable bonds is 4. The Balaban J connectivity index is 1.72. The van der Waals surface area contributed by atoms with Crippen molar-refractivity contribution in [1.29, 1.82) is 0 Å². The molecule has 0 radical (unpaired) electrons. The third kappa shape index (κ3) is 3.58. The van der Waals surface area contributed by atoms with E-state index in [0.717, 1.165) is 35.3 Å². The minimum Gasteiger partial charge on any atom is -0.465 e. The van der Waals surface area contributed by atoms with Crippen LogP contribution in [-0.4, -0.2) is 47.9 Å². The first-order valence-corrected chi connectivity index (χ1v) is 9.41. The second-order valence-corrected chi connectivity index (χ2v) is 7.47. The number of nitrogens with zero attached hydrogens (tertiary/aromatic N) is 1. The maximum absolute atomic E-state index is 12.8. The Hall–Kier alpha value is -2.90. The highest BCUT2D eigenvalue weighted by Crippen LogP contribution is 2.33. The van der Waals surface area contributed by atoms with Crippen LogP contribution >= 0.6 is 0 Å². The molecule has 1 aliphatic carbocycles. The lowest BCUT2D eigenvalue weighted by molar-refractivity contribution is -0.134. The van der Waals surface area contributed by atoms with Gasteiger partial charge in [-0.15, -0.1) is 0 Å². The molecule has 0 aromatic heterocycles. The van der Waals surface area contributed by atoms with Crippen molar-refractivity contribution in [3.8, 4) is 0 Å². The van der Waals surface area contributed by atoms with Crippen molar-refractivity contribution in [3.63, 3.8) is 0 Å². The summed E-state index contributed by atoms with van der Waals surface area (Å²) >= 11 is 0. The number of nitrogens with one attached hydrogen (secondary N) is 2. The van der Waals surface area contributed by atoms with E-state index in [9.17, 15) is 19.2 Å². The first-order valence-electron chi connectivity index (χ1n) is 9.41. The number of benzene rings is 1. The lowest BCUT2D eigenvalue weighted by Crippen LogP contribution is -2.48. The minimum atomic E-state index is -0.853. The van der Waals surface area contributed by atoms with Crippen molar-refractivity contribution in [2.24, 2.45) is 0 Å². The van der Waals surface area contributed by atoms with Gasteiger partial charge in [0.15, 0.2) is 0 Å². The van der Waals surface area contributed by atoms with Gasteiger partial charge in [0.25, 0.3) is 5.91 Å². The third-order valence-electron chi connectivity index (χ3n) is 5.61. The van der Waals surface area contributed by atoms with E-state index in [2.05, 4.69) is 10.6 Å². The standard InChI is InChI=1S/C20H25N3O5/c1-12-9-14(10-15(13(12)2)17(25)28-3)21-16(24)11-23-18(26)20(22-19(23)27)7-5-4-6-8-20/h9-10H,4-8,11H2,1-3H3,(H,21,24)(H,22,27). The van der Waals surface area contributed by atoms with Gasteiger partial charge in [0.05, 0.1) is 12.7 Å². The maximum atomic E-state index is 12.8. The summed E-state index contributed by atoms with van der Waals surface area (Å²) in [7, 11) is 1.29. The molecule has 150 valence electrons. The molecule has 2 fully saturated rings. The van der Waals surface area contributed by atoms with Crippen LogP contribution in [0.4, 0.5) is 10.5 Å². The van der Waals surface area contributed by atoms with E-state index in [-0.39, 0.29) is 12.5 Å². The molecule has 1 aliphatic heterocycles. The molecule has 1 aromatic carbocycles. The largest absolute Gasteiger partial charge is 0.465 e. The highest BCUT2D eigenvalue weighted by atomic mass is 16.5. The fourth-order valence-electron chi connectivity index (χ4n) is 3.91. The van der Waals surface area contributed by atoms with Gasteiger partial charge in [-0.3, -0.25) is 14.5 Å². The van der Waals surface area contributed by atoms with Gasteiger partial charge in [-0.25, -0.2) is 9.59 Å². The molecule has 4 amide bonds. The second-order valence-electron chi connectivity index (χ2n) is 7.47. The molecule has 0 atom stereocenters. The zero-order valence-corrected chi connectivity index (χ0v) is 16.4. The lowest BCUT2D eigenvalue weighted by Gasteiger charge is -2.30. The van der Waals surface area contributed by atoms with Gasteiger partial charge in [-0.2, -0.15) is 0 Å². The molecule has 0 bridgehead atoms. The molecule has 1 spiro atoms. The Morgan fingerprint density at radius 1 is 1.18 bits per heavy atom. The van der Waals surface area contributed by atoms with Crippen LogP contribution in [0.1, 0.15) is 53.6 Å². The van der Waals surface area contributed by atoms with Gasteiger partial charge in [-0.05, 0) is 49.9 Å². The number of ether oxygens (including phenoxy) is 1. The Labute approximate surface area is 163 Å². The number of anilines is 1. The topological polar surface area (TPSA) is 105 Å². The second kappa shape index (κ2) is 7.61. The molecular weight excluding hydrogens is 362 g/mol. The lowest BCUT2D eigenvalue weighted by atomic mass is 9.82. The highest BCUT2D eigenvalue weighted by molar-refractivity contribution is 6.10. The van der Waals surface area contributed by atoms with E-state index >= 15 is 0 Å². The van der Waals surface area contributed by atoms with Crippen molar-refractivity contribution >= 4 is 29.5 Å². The quantitative estimate of drug-likeness (QED) is 0.609. The SMILES string of the molecule is COC(=O)c1cc(NC(=O)CN2C(=O)NC3(CCCCC3)C2=O)cc(C)c1C. The van der Waals surface area contributed by atoms with E-state index < -0.39 is 23.4 Å². The number of esters is 1. The van der Waals surface area contributed by atoms with Crippen LogP contribution in [0.25, 0.3) is 0 Å². The summed E-state index contributed by atoms with van der Waals surface area (Å²) in [5.74, 6) is -1.33. The normalized spacial score (nSPS) is 18.2. The molecule has 2 N–H and O–H groups in total. The van der Waals surface area contributed by atoms with Crippen LogP contribution < -0.4 is 10.6 Å². The monoisotopic (exact) mass is 387 g/mol. The van der Waals surface area contributed by atoms with Gasteiger partial charge in [0.1, 0.15) is 12.1 Å². The number of aryl methyl sites for hydroxylation is 1. The Bertz CT molecular complexity index is 842. The van der Waals surface area contributed by atoms with Crippen molar-refractivity contribution < 1.29 is 23.9 Å². The zero-order valence-electron chi connectivity index (χ0n) is 16.4. The fourth-order valence-corrected chi connectivity index (χ4v) is 3.91. The summed E-state index contributed by atoms with van der Waals surface area (Å²) in [5, 5.41) is 5.45. The molecule has 28 heavy (non-hydrogen) atoms. The van der Waals surface area contributed by atoms with Crippen LogP contribution in [0.3, 0.4) is 0 Å². The maximum Gasteiger partial charge on any atom is 0.338 e. The first-order chi connectivity index (χ1) is 13.3. The summed E-state index contributed by atoms with van der Waals surface area (Å²) in [5.41, 5.74) is 1.49. The van der Waals surface area contributed by atoms with Crippen LogP contribution in [0.2, 0.25) is 0 Å². The Morgan fingerprint density at radius 3 is 2.50 bits per heavy atom. The molecule has 8 nitrogen and oxygen atoms in total. The van der Waals surface area contributed by atoms with Crippen LogP contribution in [0.5, 0.6) is 0 Å². The molecule has 8 heteroatoms. The van der Waals surface area contributed by atoms with Crippen molar-refractivity contribution in [3.05, 3.63) is 28.8 Å².